The molecule has 2 saturated heterocycles. The topological polar surface area (TPSA) is 125 Å². The summed E-state index contributed by atoms with van der Waals surface area (Å²) in [7, 11) is 0. The summed E-state index contributed by atoms with van der Waals surface area (Å²) in [5, 5.41) is 25.6. The van der Waals surface area contributed by atoms with Gasteiger partial charge in [-0.15, -0.1) is 6.58 Å². The van der Waals surface area contributed by atoms with Gasteiger partial charge in [-0.3, -0.25) is 9.59 Å². The van der Waals surface area contributed by atoms with Crippen molar-refractivity contribution in [2.75, 3.05) is 0 Å². The average Bonchev–Trinajstić information content (AvgIpc) is 3.29. The number of aryl methyl sites for hydroxylation is 1. The molecule has 3 heterocycles. The van der Waals surface area contributed by atoms with Crippen molar-refractivity contribution in [3.8, 4) is 0 Å². The molecule has 1 aromatic heterocycles. The molecule has 38 heavy (non-hydrogen) atoms. The first kappa shape index (κ1) is 30.5. The molecule has 9 heteroatoms. The molecule has 2 fully saturated rings. The first-order chi connectivity index (χ1) is 17.8. The molecule has 212 valence electrons. The van der Waals surface area contributed by atoms with E-state index in [0.29, 0.717) is 35.9 Å². The maximum Gasteiger partial charge on any atom is 0.223 e. The van der Waals surface area contributed by atoms with Crippen molar-refractivity contribution in [2.24, 2.45) is 17.3 Å². The second kappa shape index (κ2) is 12.5. The molecule has 0 spiro atoms. The predicted molar refractivity (Wildman–Crippen MR) is 146 cm³/mol. The van der Waals surface area contributed by atoms with Crippen molar-refractivity contribution in [1.82, 2.24) is 10.3 Å². The van der Waals surface area contributed by atoms with Crippen LogP contribution in [0.3, 0.4) is 0 Å². The Hall–Kier alpha value is -2.00. The van der Waals surface area contributed by atoms with E-state index >= 15 is 0 Å². The van der Waals surface area contributed by atoms with Gasteiger partial charge in [-0.05, 0) is 44.6 Å². The fourth-order valence-corrected chi connectivity index (χ4v) is 5.63. The fraction of sp³-hybridized carbons (Fsp3) is 0.690. The van der Waals surface area contributed by atoms with Gasteiger partial charge >= 0.3 is 0 Å². The highest BCUT2D eigenvalue weighted by atomic mass is 35.5. The summed E-state index contributed by atoms with van der Waals surface area (Å²) in [6.45, 7) is 12.8. The van der Waals surface area contributed by atoms with Crippen molar-refractivity contribution in [3.05, 3.63) is 35.5 Å². The third-order valence-electron chi connectivity index (χ3n) is 8.27. The van der Waals surface area contributed by atoms with E-state index in [4.69, 9.17) is 20.8 Å². The Balaban J connectivity index is 1.88. The zero-order valence-corrected chi connectivity index (χ0v) is 24.0. The summed E-state index contributed by atoms with van der Waals surface area (Å²) in [6, 6.07) is -0.562. The number of carbonyl (C=O) groups is 2. The Morgan fingerprint density at radius 2 is 2.03 bits per heavy atom. The number of nitrogens with one attached hydrogen (secondary N) is 1. The maximum absolute atomic E-state index is 13.7. The van der Waals surface area contributed by atoms with Crippen LogP contribution in [0.2, 0.25) is 0 Å². The lowest BCUT2D eigenvalue weighted by molar-refractivity contribution is -0.144. The van der Waals surface area contributed by atoms with Crippen molar-refractivity contribution in [3.63, 3.8) is 0 Å². The molecule has 3 N–H and O–H groups in total. The Morgan fingerprint density at radius 3 is 2.66 bits per heavy atom. The summed E-state index contributed by atoms with van der Waals surface area (Å²) < 4.78 is 11.3. The monoisotopic (exact) mass is 550 g/mol. The largest absolute Gasteiger partial charge is 0.449 e. The molecule has 3 rings (SSSR count). The highest BCUT2D eigenvalue weighted by Gasteiger charge is 2.52. The van der Waals surface area contributed by atoms with Gasteiger partial charge in [0.15, 0.2) is 5.89 Å². The van der Waals surface area contributed by atoms with Crippen LogP contribution in [0.4, 0.5) is 0 Å². The molecule has 1 amide bonds. The van der Waals surface area contributed by atoms with Crippen molar-refractivity contribution in [2.45, 2.75) is 110 Å². The zero-order chi connectivity index (χ0) is 28.3. The fourth-order valence-electron chi connectivity index (χ4n) is 5.37. The number of oxazole rings is 1. The SMILES string of the molecule is C=CCC[C@H]1C(=O)C(C)(C)[C@@H](O)CC(=O)N[C@H](C(Cl)=Cc2coc(C)n2)CC2OC2(C)CCC[C@H](C)[C@H]1O. The number of hydrogen-bond donors (Lipinski definition) is 3. The number of epoxide rings is 1. The van der Waals surface area contributed by atoms with Crippen LogP contribution in [0.5, 0.6) is 0 Å². The van der Waals surface area contributed by atoms with E-state index in [9.17, 15) is 19.8 Å². The molecule has 0 saturated carbocycles. The maximum atomic E-state index is 13.7. The quantitative estimate of drug-likeness (QED) is 0.358. The third kappa shape index (κ3) is 7.34. The number of ketones is 1. The highest BCUT2D eigenvalue weighted by Crippen LogP contribution is 2.45. The van der Waals surface area contributed by atoms with Crippen LogP contribution >= 0.6 is 11.6 Å². The molecule has 1 aromatic rings. The molecular weight excluding hydrogens is 508 g/mol. The summed E-state index contributed by atoms with van der Waals surface area (Å²) in [6.07, 6.45) is 6.16. The normalized spacial score (nSPS) is 35.3. The Labute approximate surface area is 230 Å². The van der Waals surface area contributed by atoms with Gasteiger partial charge in [0.05, 0.1) is 41.8 Å². The number of amides is 1. The van der Waals surface area contributed by atoms with Crippen molar-refractivity contribution < 1.29 is 29.0 Å². The van der Waals surface area contributed by atoms with Gasteiger partial charge in [0, 0.05) is 24.3 Å². The van der Waals surface area contributed by atoms with E-state index in [1.807, 2.05) is 13.8 Å². The molecule has 2 aliphatic heterocycles. The Bertz CT molecular complexity index is 1040. The number of aliphatic hydroxyl groups excluding tert-OH is 2. The van der Waals surface area contributed by atoms with E-state index in [1.165, 1.54) is 6.26 Å². The number of Topliss-reactive ketones (excluding diaryl/α,β-unsaturated/α-hetero) is 1. The second-order valence-electron chi connectivity index (χ2n) is 11.7. The lowest BCUT2D eigenvalue weighted by atomic mass is 9.71. The summed E-state index contributed by atoms with van der Waals surface area (Å²) in [4.78, 5) is 31.0. The number of carbonyl (C=O) groups excluding carboxylic acids is 2. The number of ether oxygens (including phenoxy) is 1. The van der Waals surface area contributed by atoms with E-state index in [0.717, 1.165) is 19.3 Å². The smallest absolute Gasteiger partial charge is 0.223 e. The standard InChI is InChI=1S/C29H43ClN2O6/c1-7-8-11-20-26(35)17(2)10-9-12-29(6)24(38-29)14-22(21(30)13-19-16-37-18(3)31-19)32-25(34)15-23(33)28(4,5)27(20)36/h7,13,16-17,20,22-24,26,33,35H,1,8-12,14-15H2,2-6H3,(H,32,34)/t17-,20+,22-,23-,24?,26+,29?/m0/s1. The number of nitrogens with zero attached hydrogens (tertiary/aromatic N) is 1. The van der Waals surface area contributed by atoms with Crippen molar-refractivity contribution >= 4 is 29.4 Å². The number of rotatable bonds is 5. The number of halogens is 1. The number of aromatic nitrogens is 1. The molecule has 2 aliphatic rings. The van der Waals surface area contributed by atoms with Crippen molar-refractivity contribution in [1.29, 1.82) is 0 Å². The van der Waals surface area contributed by atoms with E-state index in [2.05, 4.69) is 16.9 Å². The van der Waals surface area contributed by atoms with Crippen LogP contribution < -0.4 is 5.32 Å². The number of fused-ring (bicyclic) bond motifs is 1. The van der Waals surface area contributed by atoms with Gasteiger partial charge in [-0.2, -0.15) is 0 Å². The first-order valence-corrected chi connectivity index (χ1v) is 13.9. The molecule has 0 radical (unpaired) electrons. The summed E-state index contributed by atoms with van der Waals surface area (Å²) in [5.41, 5.74) is -1.06. The van der Waals surface area contributed by atoms with E-state index < -0.39 is 35.5 Å². The van der Waals surface area contributed by atoms with Crippen LogP contribution in [0.1, 0.15) is 84.2 Å². The summed E-state index contributed by atoms with van der Waals surface area (Å²) in [5.74, 6) is -0.965. The highest BCUT2D eigenvalue weighted by molar-refractivity contribution is 6.32. The third-order valence-corrected chi connectivity index (χ3v) is 8.64. The summed E-state index contributed by atoms with van der Waals surface area (Å²) >= 11 is 6.67. The number of allylic oxidation sites excluding steroid dienone is 1. The first-order valence-electron chi connectivity index (χ1n) is 13.6. The minimum Gasteiger partial charge on any atom is -0.449 e. The Morgan fingerprint density at radius 1 is 1.32 bits per heavy atom. The van der Waals surface area contributed by atoms with Crippen LogP contribution in [-0.4, -0.2) is 56.8 Å². The average molecular weight is 551 g/mol. The molecule has 0 aliphatic carbocycles. The van der Waals surface area contributed by atoms with Gasteiger partial charge in [-0.1, -0.05) is 44.9 Å². The van der Waals surface area contributed by atoms with Crippen LogP contribution in [-0.2, 0) is 14.3 Å². The van der Waals surface area contributed by atoms with Crippen LogP contribution in [0, 0.1) is 24.2 Å². The number of aliphatic hydroxyl groups is 2. The molecule has 8 nitrogen and oxygen atoms in total. The molecule has 2 unspecified atom stereocenters. The van der Waals surface area contributed by atoms with Gasteiger partial charge < -0.3 is 24.7 Å². The van der Waals surface area contributed by atoms with E-state index in [1.54, 1.807) is 32.9 Å². The second-order valence-corrected chi connectivity index (χ2v) is 12.2. The molecule has 0 aromatic carbocycles. The molecular formula is C29H43ClN2O6. The Kier molecular flexibility index (Phi) is 10.0. The van der Waals surface area contributed by atoms with Gasteiger partial charge in [-0.25, -0.2) is 4.98 Å². The lowest BCUT2D eigenvalue weighted by Gasteiger charge is -2.36. The van der Waals surface area contributed by atoms with Gasteiger partial charge in [0.2, 0.25) is 5.91 Å². The van der Waals surface area contributed by atoms with Gasteiger partial charge in [0.1, 0.15) is 17.7 Å². The van der Waals surface area contributed by atoms with E-state index in [-0.39, 0.29) is 29.8 Å². The predicted octanol–water partition coefficient (Wildman–Crippen LogP) is 4.70. The van der Waals surface area contributed by atoms with Crippen LogP contribution in [0.25, 0.3) is 6.08 Å². The van der Waals surface area contributed by atoms with Gasteiger partial charge in [0.25, 0.3) is 0 Å². The molecule has 7 atom stereocenters. The van der Waals surface area contributed by atoms with Crippen LogP contribution in [0.15, 0.2) is 28.4 Å². The minimum absolute atomic E-state index is 0.106. The zero-order valence-electron chi connectivity index (χ0n) is 23.2. The lowest BCUT2D eigenvalue weighted by Crippen LogP contribution is -2.48. The number of hydrogen-bond acceptors (Lipinski definition) is 7. The molecule has 0 bridgehead atoms. The minimum atomic E-state index is -1.25.